The monoisotopic (exact) mass is 777 g/mol. The number of fused-ring (bicyclic) bond motifs is 7. The van der Waals surface area contributed by atoms with E-state index < -0.39 is 0 Å². The smallest absolute Gasteiger partial charge is 0.0583 e. The van der Waals surface area contributed by atoms with Gasteiger partial charge in [0, 0.05) is 57.8 Å². The molecule has 14 unspecified atom stereocenters. The van der Waals surface area contributed by atoms with E-state index in [0.29, 0.717) is 35.8 Å². The molecule has 1 saturated heterocycles. The summed E-state index contributed by atoms with van der Waals surface area (Å²) in [7, 11) is 0. The molecule has 0 N–H and O–H groups in total. The van der Waals surface area contributed by atoms with Gasteiger partial charge in [0.05, 0.1) is 6.04 Å². The van der Waals surface area contributed by atoms with E-state index in [9.17, 15) is 0 Å². The maximum Gasteiger partial charge on any atom is 0.0583 e. The van der Waals surface area contributed by atoms with Crippen LogP contribution in [0.3, 0.4) is 0 Å². The lowest BCUT2D eigenvalue weighted by Gasteiger charge is -2.50. The van der Waals surface area contributed by atoms with Crippen molar-refractivity contribution >= 4 is 11.8 Å². The van der Waals surface area contributed by atoms with Gasteiger partial charge in [-0.3, -0.25) is 0 Å². The van der Waals surface area contributed by atoms with Gasteiger partial charge in [-0.1, -0.05) is 110 Å². The molecule has 0 aromatic rings. The van der Waals surface area contributed by atoms with Crippen molar-refractivity contribution in [2.24, 2.45) is 47.3 Å². The van der Waals surface area contributed by atoms with Crippen LogP contribution in [0.2, 0.25) is 0 Å². The van der Waals surface area contributed by atoms with E-state index in [1.54, 1.807) is 22.4 Å². The van der Waals surface area contributed by atoms with Gasteiger partial charge in [0.25, 0.3) is 0 Å². The van der Waals surface area contributed by atoms with Crippen LogP contribution in [0.5, 0.6) is 0 Å². The minimum atomic E-state index is 0.478. The maximum absolute atomic E-state index is 3.26. The molecule has 0 spiro atoms. The molecule has 3 aliphatic heterocycles. The molecule has 2 nitrogen and oxygen atoms in total. The molecule has 0 radical (unpaired) electrons. The van der Waals surface area contributed by atoms with Gasteiger partial charge in [-0.25, -0.2) is 0 Å². The van der Waals surface area contributed by atoms with E-state index in [-0.39, 0.29) is 0 Å². The zero-order chi connectivity index (χ0) is 37.5. The molecule has 4 fully saturated rings. The van der Waals surface area contributed by atoms with Crippen molar-refractivity contribution in [2.75, 3.05) is 0 Å². The molecule has 3 saturated carbocycles. The van der Waals surface area contributed by atoms with E-state index in [1.165, 1.54) is 128 Å². The third-order valence-corrected chi connectivity index (χ3v) is 19.7. The van der Waals surface area contributed by atoms with Gasteiger partial charge in [0.15, 0.2) is 0 Å². The second-order valence-electron chi connectivity index (χ2n) is 20.5. The fourth-order valence-electron chi connectivity index (χ4n) is 15.6. The first-order valence-electron chi connectivity index (χ1n) is 24.4. The van der Waals surface area contributed by atoms with Crippen LogP contribution in [0.15, 0.2) is 119 Å². The van der Waals surface area contributed by atoms with E-state index in [2.05, 4.69) is 107 Å². The predicted molar refractivity (Wildman–Crippen MR) is 239 cm³/mol. The molecule has 12 aliphatic rings. The zero-order valence-corrected chi connectivity index (χ0v) is 35.4. The molecule has 3 heterocycles. The highest BCUT2D eigenvalue weighted by atomic mass is 32.2. The minimum Gasteiger partial charge on any atom is -0.367 e. The van der Waals surface area contributed by atoms with Crippen LogP contribution < -0.4 is 0 Å². The Bertz CT molecular complexity index is 1910. The molecular weight excluding hydrogens is 709 g/mol. The molecule has 0 aromatic carbocycles. The maximum atomic E-state index is 3.26. The number of rotatable bonds is 5. The Kier molecular flexibility index (Phi) is 9.61. The van der Waals surface area contributed by atoms with Gasteiger partial charge in [0.2, 0.25) is 0 Å². The Morgan fingerprint density at radius 2 is 1.58 bits per heavy atom. The SMILES string of the molecule is C1=CC2C3=C(C=CCC3C3C=CC4=C(C3)N(C3CCC(C5=CC(C6=CCCC=C6)CCC5)C5C6CCCCC6SC53)C3CCCCC43)N(C3C=CCCC3)C2C=C1. The third kappa shape index (κ3) is 6.06. The fourth-order valence-corrected chi connectivity index (χ4v) is 17.8. The van der Waals surface area contributed by atoms with Crippen molar-refractivity contribution in [2.45, 2.75) is 163 Å². The summed E-state index contributed by atoms with van der Waals surface area (Å²) in [6, 6.07) is 2.49. The zero-order valence-electron chi connectivity index (χ0n) is 34.6. The van der Waals surface area contributed by atoms with Crippen LogP contribution in [-0.2, 0) is 0 Å². The number of nitrogens with zero attached hydrogens (tertiary/aromatic N) is 2. The van der Waals surface area contributed by atoms with Crippen LogP contribution in [0, 0.1) is 47.3 Å². The van der Waals surface area contributed by atoms with Crippen LogP contribution in [-0.4, -0.2) is 44.5 Å². The molecule has 0 bridgehead atoms. The third-order valence-electron chi connectivity index (χ3n) is 17.9. The molecular formula is C54H68N2S. The average Bonchev–Trinajstić information content (AvgIpc) is 3.95. The summed E-state index contributed by atoms with van der Waals surface area (Å²) in [6.07, 6.45) is 63.3. The van der Waals surface area contributed by atoms with E-state index in [1.807, 2.05) is 11.3 Å². The van der Waals surface area contributed by atoms with Crippen molar-refractivity contribution < 1.29 is 0 Å². The summed E-state index contributed by atoms with van der Waals surface area (Å²) in [5, 5.41) is 1.72. The largest absolute Gasteiger partial charge is 0.367 e. The fraction of sp³-hybridized carbons (Fsp3) is 0.630. The van der Waals surface area contributed by atoms with Gasteiger partial charge in [-0.2, -0.15) is 11.8 Å². The highest BCUT2D eigenvalue weighted by Crippen LogP contribution is 2.62. The van der Waals surface area contributed by atoms with Crippen LogP contribution in [0.25, 0.3) is 0 Å². The van der Waals surface area contributed by atoms with Gasteiger partial charge in [-0.05, 0) is 155 Å². The normalized spacial score (nSPS) is 44.4. The molecule has 300 valence electrons. The Labute approximate surface area is 349 Å². The predicted octanol–water partition coefficient (Wildman–Crippen LogP) is 13.1. The van der Waals surface area contributed by atoms with Crippen molar-refractivity contribution in [1.82, 2.24) is 9.80 Å². The van der Waals surface area contributed by atoms with Crippen LogP contribution in [0.1, 0.15) is 128 Å². The van der Waals surface area contributed by atoms with Gasteiger partial charge < -0.3 is 9.80 Å². The lowest BCUT2D eigenvalue weighted by Crippen LogP contribution is -2.53. The van der Waals surface area contributed by atoms with E-state index in [4.69, 9.17) is 0 Å². The molecule has 0 aromatic heterocycles. The van der Waals surface area contributed by atoms with Gasteiger partial charge in [-0.15, -0.1) is 0 Å². The summed E-state index contributed by atoms with van der Waals surface area (Å²) in [4.78, 5) is 6.12. The average molecular weight is 777 g/mol. The highest BCUT2D eigenvalue weighted by molar-refractivity contribution is 8.00. The summed E-state index contributed by atoms with van der Waals surface area (Å²) in [5.41, 5.74) is 10.5. The first-order valence-corrected chi connectivity index (χ1v) is 25.4. The topological polar surface area (TPSA) is 6.48 Å². The van der Waals surface area contributed by atoms with E-state index in [0.717, 1.165) is 46.3 Å². The standard InChI is InChI=1S/C54H68N2S/c1-3-15-35(16-4-1)36-17-13-18-37(33-36)41-31-32-49(54-53(41)45-23-9-12-28-51(45)57-54)56-46-25-10-7-21-42(46)43-30-29-38(34-50(43)56)40-24-14-27-48-52(40)44-22-8-11-26-47(44)55(48)39-19-5-2-6-20-39/h3,5,8,11,14-16,19,22,26-27,29-30,33,36,38-42,44-47,49,51,53-54H,1-2,4,6-7,9-10,12-13,17-18,20-21,23-25,28,31-32,34H2. The molecule has 12 rings (SSSR count). The number of allylic oxidation sites excluding steroid dienone is 14. The van der Waals surface area contributed by atoms with Crippen molar-refractivity contribution in [3.63, 3.8) is 0 Å². The van der Waals surface area contributed by atoms with Gasteiger partial charge in [0.1, 0.15) is 0 Å². The summed E-state index contributed by atoms with van der Waals surface area (Å²) in [5.74, 6) is 5.83. The Hall–Kier alpha value is -2.65. The first kappa shape index (κ1) is 36.2. The first-order chi connectivity index (χ1) is 28.3. The Morgan fingerprint density at radius 1 is 0.649 bits per heavy atom. The molecule has 14 atom stereocenters. The lowest BCUT2D eigenvalue weighted by atomic mass is 9.62. The minimum absolute atomic E-state index is 0.478. The molecule has 3 heteroatoms. The summed E-state index contributed by atoms with van der Waals surface area (Å²) in [6.45, 7) is 0. The van der Waals surface area contributed by atoms with Gasteiger partial charge >= 0.3 is 0 Å². The highest BCUT2D eigenvalue weighted by Gasteiger charge is 2.57. The molecule has 57 heavy (non-hydrogen) atoms. The summed E-state index contributed by atoms with van der Waals surface area (Å²) < 4.78 is 0. The van der Waals surface area contributed by atoms with Crippen LogP contribution >= 0.6 is 11.8 Å². The quantitative estimate of drug-likeness (QED) is 0.257. The van der Waals surface area contributed by atoms with Crippen molar-refractivity contribution in [3.8, 4) is 0 Å². The second kappa shape index (κ2) is 15.1. The molecule has 9 aliphatic carbocycles. The van der Waals surface area contributed by atoms with Crippen molar-refractivity contribution in [3.05, 3.63) is 119 Å². The van der Waals surface area contributed by atoms with E-state index >= 15 is 0 Å². The Morgan fingerprint density at radius 3 is 2.51 bits per heavy atom. The van der Waals surface area contributed by atoms with Crippen LogP contribution in [0.4, 0.5) is 0 Å². The second-order valence-corrected chi connectivity index (χ2v) is 22.0. The number of hydrogen-bond acceptors (Lipinski definition) is 3. The Balaban J connectivity index is 0.870. The summed E-state index contributed by atoms with van der Waals surface area (Å²) >= 11 is 2.54. The van der Waals surface area contributed by atoms with Crippen molar-refractivity contribution in [1.29, 1.82) is 0 Å². The lowest BCUT2D eigenvalue weighted by molar-refractivity contribution is 0.0669. The number of hydrogen-bond donors (Lipinski definition) is 0. The molecule has 0 amide bonds. The number of thioether (sulfide) groups is 1.